The third-order valence-electron chi connectivity index (χ3n) is 8.83. The molecule has 6 nitrogen and oxygen atoms in total. The summed E-state index contributed by atoms with van der Waals surface area (Å²) >= 11 is 0. The summed E-state index contributed by atoms with van der Waals surface area (Å²) < 4.78 is 13.2. The van der Waals surface area contributed by atoms with Crippen LogP contribution in [0.5, 0.6) is 5.75 Å². The van der Waals surface area contributed by atoms with Gasteiger partial charge in [0.2, 0.25) is 0 Å². The number of hydrogen-bond acceptors (Lipinski definition) is 5. The summed E-state index contributed by atoms with van der Waals surface area (Å²) in [7, 11) is 1.67. The highest BCUT2D eigenvalue weighted by Crippen LogP contribution is 2.38. The Hall–Kier alpha value is -6.53. The second kappa shape index (κ2) is 12.6. The number of pyridine rings is 1. The number of nitrogens with zero attached hydrogens (tertiary/aromatic N) is 3. The minimum Gasteiger partial charge on any atom is -0.497 e. The number of hydrogen-bond donors (Lipinski definition) is 0. The molecule has 6 heteroatoms. The summed E-state index contributed by atoms with van der Waals surface area (Å²) in [6.45, 7) is 1.98. The first-order valence-electron chi connectivity index (χ1n) is 16.1. The van der Waals surface area contributed by atoms with E-state index in [1.165, 1.54) is 0 Å². The van der Waals surface area contributed by atoms with Gasteiger partial charge < -0.3 is 9.15 Å². The van der Waals surface area contributed by atoms with Crippen molar-refractivity contribution in [1.29, 1.82) is 0 Å². The molecule has 49 heavy (non-hydrogen) atoms. The highest BCUT2D eigenvalue weighted by atomic mass is 16.5. The monoisotopic (exact) mass is 637 g/mol. The molecule has 0 atom stereocenters. The fourth-order valence-corrected chi connectivity index (χ4v) is 6.30. The van der Waals surface area contributed by atoms with Gasteiger partial charge in [-0.15, -0.1) is 0 Å². The molecule has 3 heterocycles. The Balaban J connectivity index is 1.34. The van der Waals surface area contributed by atoms with Crippen LogP contribution in [0.1, 0.15) is 5.56 Å². The molecular formula is C43H31N3O3. The van der Waals surface area contributed by atoms with Crippen LogP contribution in [-0.2, 0) is 0 Å². The van der Waals surface area contributed by atoms with E-state index >= 15 is 0 Å². The van der Waals surface area contributed by atoms with Gasteiger partial charge in [-0.25, -0.2) is 14.5 Å². The first-order chi connectivity index (χ1) is 24.1. The van der Waals surface area contributed by atoms with Gasteiger partial charge in [-0.05, 0) is 90.3 Å². The van der Waals surface area contributed by atoms with Gasteiger partial charge in [-0.3, -0.25) is 0 Å². The van der Waals surface area contributed by atoms with E-state index in [1.54, 1.807) is 7.11 Å². The molecule has 0 aliphatic carbocycles. The number of benzene rings is 5. The molecule has 0 saturated heterocycles. The van der Waals surface area contributed by atoms with E-state index in [-0.39, 0.29) is 5.63 Å². The average Bonchev–Trinajstić information content (AvgIpc) is 3.62. The Morgan fingerprint density at radius 1 is 0.633 bits per heavy atom. The standard InChI is InChI=1S/C43H31N3O3/c1-28-36-24-32(20-23-40(36)49-43(47)41(28)30-14-8-4-9-15-30)39-26-33(25-38(44-39)29-12-6-3-7-13-29)37-27-46(34-16-10-5-11-17-34)45-42(37)31-18-21-35(48-2)22-19-31/h3-27H,1-2H3. The highest BCUT2D eigenvalue weighted by Gasteiger charge is 2.19. The normalized spacial score (nSPS) is 11.1. The lowest BCUT2D eigenvalue weighted by Gasteiger charge is -2.12. The molecule has 3 aromatic heterocycles. The molecule has 0 amide bonds. The van der Waals surface area contributed by atoms with Crippen LogP contribution in [0.4, 0.5) is 0 Å². The summed E-state index contributed by atoms with van der Waals surface area (Å²) in [4.78, 5) is 18.3. The molecule has 0 unspecified atom stereocenters. The van der Waals surface area contributed by atoms with Gasteiger partial charge in [0.1, 0.15) is 17.0 Å². The second-order valence-corrected chi connectivity index (χ2v) is 11.9. The molecule has 0 saturated carbocycles. The van der Waals surface area contributed by atoms with Crippen LogP contribution < -0.4 is 10.4 Å². The van der Waals surface area contributed by atoms with Gasteiger partial charge >= 0.3 is 5.63 Å². The van der Waals surface area contributed by atoms with Gasteiger partial charge in [0.15, 0.2) is 0 Å². The Labute approximate surface area is 283 Å². The number of para-hydroxylation sites is 1. The molecule has 8 aromatic rings. The predicted octanol–water partition coefficient (Wildman–Crippen LogP) is 10.0. The van der Waals surface area contributed by atoms with E-state index < -0.39 is 0 Å². The van der Waals surface area contributed by atoms with Crippen molar-refractivity contribution in [3.8, 4) is 67.5 Å². The zero-order valence-corrected chi connectivity index (χ0v) is 27.0. The third-order valence-corrected chi connectivity index (χ3v) is 8.83. The Morgan fingerprint density at radius 3 is 1.92 bits per heavy atom. The molecule has 0 N–H and O–H groups in total. The van der Waals surface area contributed by atoms with E-state index in [4.69, 9.17) is 19.2 Å². The van der Waals surface area contributed by atoms with E-state index in [0.717, 1.165) is 72.8 Å². The Morgan fingerprint density at radius 2 is 1.24 bits per heavy atom. The van der Waals surface area contributed by atoms with Crippen LogP contribution in [-0.4, -0.2) is 21.9 Å². The van der Waals surface area contributed by atoms with Crippen molar-refractivity contribution in [2.24, 2.45) is 0 Å². The fourth-order valence-electron chi connectivity index (χ4n) is 6.30. The second-order valence-electron chi connectivity index (χ2n) is 11.9. The van der Waals surface area contributed by atoms with Crippen LogP contribution in [0, 0.1) is 6.92 Å². The Bertz CT molecular complexity index is 2490. The summed E-state index contributed by atoms with van der Waals surface area (Å²) in [6, 6.07) is 48.0. The van der Waals surface area contributed by atoms with Crippen molar-refractivity contribution in [2.75, 3.05) is 7.11 Å². The maximum atomic E-state index is 13.1. The van der Waals surface area contributed by atoms with E-state index in [1.807, 2.05) is 127 Å². The number of ether oxygens (including phenoxy) is 1. The summed E-state index contributed by atoms with van der Waals surface area (Å²) in [5.41, 5.74) is 10.7. The number of aryl methyl sites for hydroxylation is 1. The Kier molecular flexibility index (Phi) is 7.66. The zero-order valence-electron chi connectivity index (χ0n) is 27.0. The van der Waals surface area contributed by atoms with E-state index in [2.05, 4.69) is 36.5 Å². The minimum atomic E-state index is -0.350. The van der Waals surface area contributed by atoms with Crippen LogP contribution in [0.25, 0.3) is 72.7 Å². The van der Waals surface area contributed by atoms with Gasteiger partial charge in [0.05, 0.1) is 29.7 Å². The lowest BCUT2D eigenvalue weighted by Crippen LogP contribution is -2.06. The maximum absolute atomic E-state index is 13.1. The van der Waals surface area contributed by atoms with Crippen LogP contribution in [0.3, 0.4) is 0 Å². The van der Waals surface area contributed by atoms with Gasteiger partial charge in [0, 0.05) is 33.8 Å². The summed E-state index contributed by atoms with van der Waals surface area (Å²) in [5, 5.41) is 5.96. The number of aromatic nitrogens is 3. The summed E-state index contributed by atoms with van der Waals surface area (Å²) in [5.74, 6) is 0.781. The number of fused-ring (bicyclic) bond motifs is 1. The van der Waals surface area contributed by atoms with Gasteiger partial charge in [-0.2, -0.15) is 5.10 Å². The molecule has 236 valence electrons. The lowest BCUT2D eigenvalue weighted by atomic mass is 9.96. The molecule has 0 fully saturated rings. The largest absolute Gasteiger partial charge is 0.497 e. The van der Waals surface area contributed by atoms with Crippen molar-refractivity contribution in [2.45, 2.75) is 6.92 Å². The predicted molar refractivity (Wildman–Crippen MR) is 196 cm³/mol. The quantitative estimate of drug-likeness (QED) is 0.163. The fraction of sp³-hybridized carbons (Fsp3) is 0.0465. The summed E-state index contributed by atoms with van der Waals surface area (Å²) in [6.07, 6.45) is 2.08. The van der Waals surface area contributed by atoms with Crippen molar-refractivity contribution in [3.05, 3.63) is 168 Å². The van der Waals surface area contributed by atoms with Crippen molar-refractivity contribution < 1.29 is 9.15 Å². The smallest absolute Gasteiger partial charge is 0.344 e. The van der Waals surface area contributed by atoms with E-state index in [9.17, 15) is 4.79 Å². The van der Waals surface area contributed by atoms with Gasteiger partial charge in [-0.1, -0.05) is 78.9 Å². The van der Waals surface area contributed by atoms with Crippen molar-refractivity contribution in [3.63, 3.8) is 0 Å². The highest BCUT2D eigenvalue weighted by molar-refractivity contribution is 5.91. The number of rotatable bonds is 7. The molecule has 8 rings (SSSR count). The van der Waals surface area contributed by atoms with Crippen molar-refractivity contribution >= 4 is 11.0 Å². The molecule has 0 spiro atoms. The van der Waals surface area contributed by atoms with Crippen LogP contribution in [0.15, 0.2) is 161 Å². The molecule has 0 aliphatic rings. The maximum Gasteiger partial charge on any atom is 0.344 e. The van der Waals surface area contributed by atoms with Crippen LogP contribution in [0.2, 0.25) is 0 Å². The third kappa shape index (κ3) is 5.70. The average molecular weight is 638 g/mol. The molecule has 5 aromatic carbocycles. The first kappa shape index (κ1) is 29.8. The topological polar surface area (TPSA) is 70.2 Å². The molecule has 0 radical (unpaired) electrons. The van der Waals surface area contributed by atoms with Crippen LogP contribution >= 0.6 is 0 Å². The zero-order chi connectivity index (χ0) is 33.3. The first-order valence-corrected chi connectivity index (χ1v) is 16.1. The van der Waals surface area contributed by atoms with Crippen molar-refractivity contribution in [1.82, 2.24) is 14.8 Å². The SMILES string of the molecule is COc1ccc(-c2nn(-c3ccccc3)cc2-c2cc(-c3ccccc3)nc(-c3ccc4oc(=O)c(-c5ccccc5)c(C)c4c3)c2)cc1. The van der Waals surface area contributed by atoms with E-state index in [0.29, 0.717) is 11.1 Å². The van der Waals surface area contributed by atoms with Gasteiger partial charge in [0.25, 0.3) is 0 Å². The molecule has 0 aliphatic heterocycles. The molecule has 0 bridgehead atoms. The minimum absolute atomic E-state index is 0.350. The lowest BCUT2D eigenvalue weighted by molar-refractivity contribution is 0.415. The number of methoxy groups -OCH3 is 1. The molecular weight excluding hydrogens is 606 g/mol.